The van der Waals surface area contributed by atoms with Crippen molar-refractivity contribution in [2.45, 2.75) is 37.0 Å². The molecule has 1 fully saturated rings. The standard InChI is InChI=1S/C23H33N2O4.ClH/c1-25(12-8-24-9-13-28-14-10-24)11-7-23-6-5-18(26)15-20(23)29-22-19(27-2)4-3-17(16-25)21(22)23;/h3-6,18,20,26H,7-16H2,1-2H3;1H/q+1;/p-1/t18-,20-,23+,25?;/m0./s1. The van der Waals surface area contributed by atoms with Gasteiger partial charge in [-0.2, -0.15) is 0 Å². The number of hydrogen-bond acceptors (Lipinski definition) is 5. The van der Waals surface area contributed by atoms with Crippen molar-refractivity contribution in [3.63, 3.8) is 0 Å². The molecule has 166 valence electrons. The van der Waals surface area contributed by atoms with Gasteiger partial charge in [0.15, 0.2) is 11.5 Å². The summed E-state index contributed by atoms with van der Waals surface area (Å²) in [6.07, 6.45) is 5.44. The van der Waals surface area contributed by atoms with Crippen LogP contribution < -0.4 is 21.9 Å². The molecule has 5 rings (SSSR count). The van der Waals surface area contributed by atoms with Crippen molar-refractivity contribution in [1.29, 1.82) is 0 Å². The molecule has 0 aromatic heterocycles. The normalized spacial score (nSPS) is 34.9. The maximum absolute atomic E-state index is 10.2. The van der Waals surface area contributed by atoms with Gasteiger partial charge in [0.2, 0.25) is 0 Å². The van der Waals surface area contributed by atoms with E-state index < -0.39 is 6.10 Å². The van der Waals surface area contributed by atoms with E-state index in [2.05, 4.69) is 30.2 Å². The molecule has 4 aliphatic rings. The Morgan fingerprint density at radius 1 is 1.30 bits per heavy atom. The average Bonchev–Trinajstić information content (AvgIpc) is 3.00. The van der Waals surface area contributed by atoms with Crippen LogP contribution in [0, 0.1) is 0 Å². The van der Waals surface area contributed by atoms with E-state index in [1.165, 1.54) is 11.1 Å². The Labute approximate surface area is 185 Å². The van der Waals surface area contributed by atoms with Crippen molar-refractivity contribution in [3.05, 3.63) is 35.4 Å². The third-order valence-corrected chi connectivity index (χ3v) is 7.48. The third-order valence-electron chi connectivity index (χ3n) is 7.48. The van der Waals surface area contributed by atoms with Crippen LogP contribution >= 0.6 is 0 Å². The number of methoxy groups -OCH3 is 1. The molecule has 3 aliphatic heterocycles. The number of halogens is 1. The molecule has 6 nitrogen and oxygen atoms in total. The number of nitrogens with zero attached hydrogens (tertiary/aromatic N) is 2. The second kappa shape index (κ2) is 8.32. The van der Waals surface area contributed by atoms with E-state index in [0.717, 1.165) is 74.9 Å². The van der Waals surface area contributed by atoms with Crippen LogP contribution in [0.5, 0.6) is 11.5 Å². The Kier molecular flexibility index (Phi) is 6.08. The van der Waals surface area contributed by atoms with E-state index in [9.17, 15) is 5.11 Å². The topological polar surface area (TPSA) is 51.2 Å². The molecule has 7 heteroatoms. The Balaban J connectivity index is 0.00000218. The molecule has 0 radical (unpaired) electrons. The fraction of sp³-hybridized carbons (Fsp3) is 0.652. The van der Waals surface area contributed by atoms with Crippen LogP contribution in [0.15, 0.2) is 24.3 Å². The van der Waals surface area contributed by atoms with Gasteiger partial charge < -0.3 is 36.2 Å². The molecule has 3 heterocycles. The predicted molar refractivity (Wildman–Crippen MR) is 110 cm³/mol. The van der Waals surface area contributed by atoms with Crippen molar-refractivity contribution >= 4 is 0 Å². The monoisotopic (exact) mass is 436 g/mol. The second-order valence-electron chi connectivity index (χ2n) is 9.37. The summed E-state index contributed by atoms with van der Waals surface area (Å²) in [7, 11) is 4.10. The van der Waals surface area contributed by atoms with Crippen LogP contribution in [0.1, 0.15) is 24.0 Å². The largest absolute Gasteiger partial charge is 1.00 e. The van der Waals surface area contributed by atoms with E-state index in [4.69, 9.17) is 14.2 Å². The van der Waals surface area contributed by atoms with Crippen LogP contribution in [0.2, 0.25) is 0 Å². The number of benzene rings is 1. The van der Waals surface area contributed by atoms with Crippen molar-refractivity contribution < 1.29 is 36.2 Å². The molecule has 0 amide bonds. The molecule has 1 saturated heterocycles. The first-order valence-corrected chi connectivity index (χ1v) is 10.9. The van der Waals surface area contributed by atoms with Crippen LogP contribution in [0.25, 0.3) is 0 Å². The molecule has 1 spiro atoms. The van der Waals surface area contributed by atoms with Gasteiger partial charge in [0, 0.05) is 43.6 Å². The lowest BCUT2D eigenvalue weighted by Crippen LogP contribution is -3.00. The minimum atomic E-state index is -0.431. The van der Waals surface area contributed by atoms with E-state index in [-0.39, 0.29) is 23.9 Å². The van der Waals surface area contributed by atoms with Gasteiger partial charge >= 0.3 is 0 Å². The Bertz CT molecular complexity index is 813. The number of hydrogen-bond donors (Lipinski definition) is 1. The third kappa shape index (κ3) is 3.63. The summed E-state index contributed by atoms with van der Waals surface area (Å²) in [5, 5.41) is 10.2. The van der Waals surface area contributed by atoms with Crippen molar-refractivity contribution in [2.75, 3.05) is 60.1 Å². The summed E-state index contributed by atoms with van der Waals surface area (Å²) >= 11 is 0. The number of quaternary nitrogens is 1. The molecular formula is C23H33ClN2O4. The molecule has 1 aliphatic carbocycles. The summed E-state index contributed by atoms with van der Waals surface area (Å²) in [6, 6.07) is 4.29. The van der Waals surface area contributed by atoms with Crippen molar-refractivity contribution in [1.82, 2.24) is 4.90 Å². The van der Waals surface area contributed by atoms with E-state index >= 15 is 0 Å². The highest BCUT2D eigenvalue weighted by Crippen LogP contribution is 2.56. The maximum atomic E-state index is 10.2. The fourth-order valence-corrected chi connectivity index (χ4v) is 5.68. The van der Waals surface area contributed by atoms with Gasteiger partial charge in [-0.15, -0.1) is 0 Å². The zero-order valence-electron chi connectivity index (χ0n) is 18.0. The number of aliphatic hydroxyl groups is 1. The molecule has 4 atom stereocenters. The van der Waals surface area contributed by atoms with Crippen LogP contribution in [-0.4, -0.2) is 86.8 Å². The van der Waals surface area contributed by atoms with Crippen LogP contribution in [0.3, 0.4) is 0 Å². The van der Waals surface area contributed by atoms with E-state index in [0.29, 0.717) is 6.42 Å². The van der Waals surface area contributed by atoms with Crippen LogP contribution in [-0.2, 0) is 16.7 Å². The van der Waals surface area contributed by atoms with Crippen LogP contribution in [0.4, 0.5) is 0 Å². The molecule has 1 aromatic rings. The summed E-state index contributed by atoms with van der Waals surface area (Å²) < 4.78 is 18.6. The highest BCUT2D eigenvalue weighted by molar-refractivity contribution is 5.60. The summed E-state index contributed by atoms with van der Waals surface area (Å²) in [5.74, 6) is 1.71. The first-order valence-electron chi connectivity index (χ1n) is 10.9. The fourth-order valence-electron chi connectivity index (χ4n) is 5.68. The average molecular weight is 437 g/mol. The van der Waals surface area contributed by atoms with Gasteiger partial charge in [-0.1, -0.05) is 12.2 Å². The summed E-state index contributed by atoms with van der Waals surface area (Å²) in [5.41, 5.74) is 2.53. The van der Waals surface area contributed by atoms with Gasteiger partial charge in [-0.25, -0.2) is 0 Å². The number of morpholine rings is 1. The minimum absolute atomic E-state index is 0. The second-order valence-corrected chi connectivity index (χ2v) is 9.37. The van der Waals surface area contributed by atoms with Gasteiger partial charge in [0.1, 0.15) is 12.6 Å². The number of aliphatic hydroxyl groups excluding tert-OH is 1. The number of ether oxygens (including phenoxy) is 3. The van der Waals surface area contributed by atoms with E-state index in [1.807, 2.05) is 6.08 Å². The first kappa shape index (κ1) is 21.9. The SMILES string of the molecule is COc1ccc2c3c1O[C@H]1C[C@@H](O)C=C[C@]31CC[N+](C)(CCN1CCOCC1)C2.[Cl-]. The smallest absolute Gasteiger partial charge is 0.166 e. The van der Waals surface area contributed by atoms with Gasteiger partial charge in [0.05, 0.1) is 52.0 Å². The van der Waals surface area contributed by atoms with Crippen molar-refractivity contribution in [2.24, 2.45) is 0 Å². The highest BCUT2D eigenvalue weighted by Gasteiger charge is 2.54. The van der Waals surface area contributed by atoms with Crippen molar-refractivity contribution in [3.8, 4) is 11.5 Å². The Hall–Kier alpha value is -1.31. The lowest BCUT2D eigenvalue weighted by Gasteiger charge is -2.39. The molecule has 0 saturated carbocycles. The zero-order chi connectivity index (χ0) is 20.1. The van der Waals surface area contributed by atoms with Gasteiger partial charge in [-0.05, 0) is 12.1 Å². The maximum Gasteiger partial charge on any atom is 0.166 e. The summed E-state index contributed by atoms with van der Waals surface area (Å²) in [6.45, 7) is 8.13. The summed E-state index contributed by atoms with van der Waals surface area (Å²) in [4.78, 5) is 2.53. The molecule has 1 N–H and O–H groups in total. The number of rotatable bonds is 4. The Morgan fingerprint density at radius 3 is 2.87 bits per heavy atom. The zero-order valence-corrected chi connectivity index (χ0v) is 18.7. The van der Waals surface area contributed by atoms with Gasteiger partial charge in [-0.3, -0.25) is 4.90 Å². The lowest BCUT2D eigenvalue weighted by atomic mass is 9.69. The molecule has 0 bridgehead atoms. The molecular weight excluding hydrogens is 404 g/mol. The lowest BCUT2D eigenvalue weighted by molar-refractivity contribution is -0.922. The first-order chi connectivity index (χ1) is 14.0. The predicted octanol–water partition coefficient (Wildman–Crippen LogP) is -1.30. The van der Waals surface area contributed by atoms with E-state index in [1.54, 1.807) is 7.11 Å². The quantitative estimate of drug-likeness (QED) is 0.470. The molecule has 1 unspecified atom stereocenters. The molecule has 30 heavy (non-hydrogen) atoms. The highest BCUT2D eigenvalue weighted by atomic mass is 35.5. The Morgan fingerprint density at radius 2 is 2.10 bits per heavy atom. The number of likely N-dealkylation sites (N-methyl/N-ethyl adjacent to an activating group) is 1. The van der Waals surface area contributed by atoms with Gasteiger partial charge in [0.25, 0.3) is 0 Å². The minimum Gasteiger partial charge on any atom is -1.00 e. The molecule has 1 aromatic carbocycles.